The van der Waals surface area contributed by atoms with Crippen molar-refractivity contribution in [3.05, 3.63) is 66.0 Å². The highest BCUT2D eigenvalue weighted by Gasteiger charge is 2.19. The average molecular weight is 323 g/mol. The molecule has 0 saturated carbocycles. The topological polar surface area (TPSA) is 3.24 Å². The van der Waals surface area contributed by atoms with E-state index in [-0.39, 0.29) is 5.82 Å². The number of hydrogen-bond donors (Lipinski definition) is 0. The van der Waals surface area contributed by atoms with E-state index in [0.29, 0.717) is 6.04 Å². The number of nitrogens with zero attached hydrogens (tertiary/aromatic N) is 1. The number of hydrogen-bond acceptors (Lipinski definition) is 1. The Morgan fingerprint density at radius 1 is 1.04 bits per heavy atom. The monoisotopic (exact) mass is 323 g/mol. The third kappa shape index (κ3) is 3.93. The van der Waals surface area contributed by atoms with Crippen molar-refractivity contribution in [3.8, 4) is 11.1 Å². The molecular weight excluding hydrogens is 297 g/mol. The van der Waals surface area contributed by atoms with E-state index in [0.717, 1.165) is 17.7 Å². The van der Waals surface area contributed by atoms with Gasteiger partial charge >= 0.3 is 0 Å². The summed E-state index contributed by atoms with van der Waals surface area (Å²) in [6.07, 6.45) is 6.20. The van der Waals surface area contributed by atoms with E-state index in [1.807, 2.05) is 12.1 Å². The van der Waals surface area contributed by atoms with E-state index in [2.05, 4.69) is 49.1 Å². The lowest BCUT2D eigenvalue weighted by molar-refractivity contribution is 0.182. The maximum absolute atomic E-state index is 13.1. The minimum atomic E-state index is -0.192. The SMILES string of the molecule is CC=C(CN1CCCCC1C)c1ccc(-c2ccc(F)cc2)cc1. The lowest BCUT2D eigenvalue weighted by Crippen LogP contribution is -2.38. The Morgan fingerprint density at radius 3 is 2.25 bits per heavy atom. The molecule has 1 heterocycles. The second-order valence-corrected chi connectivity index (χ2v) is 6.71. The molecular formula is C22H26FN. The molecule has 0 radical (unpaired) electrons. The van der Waals surface area contributed by atoms with E-state index < -0.39 is 0 Å². The third-order valence-electron chi connectivity index (χ3n) is 5.10. The molecule has 3 rings (SSSR count). The van der Waals surface area contributed by atoms with Gasteiger partial charge < -0.3 is 0 Å². The van der Waals surface area contributed by atoms with Crippen LogP contribution in [0.3, 0.4) is 0 Å². The van der Waals surface area contributed by atoms with Gasteiger partial charge in [-0.2, -0.15) is 0 Å². The standard InChI is InChI=1S/C22H26FN/c1-3-18(16-24-15-5-4-6-17(24)2)19-7-9-20(10-8-19)21-11-13-22(23)14-12-21/h3,7-14,17H,4-6,15-16H2,1-2H3. The lowest BCUT2D eigenvalue weighted by atomic mass is 9.98. The summed E-state index contributed by atoms with van der Waals surface area (Å²) in [5.74, 6) is -0.192. The number of halogens is 1. The van der Waals surface area contributed by atoms with Gasteiger partial charge in [-0.05, 0) is 67.6 Å². The van der Waals surface area contributed by atoms with Crippen molar-refractivity contribution in [1.29, 1.82) is 0 Å². The van der Waals surface area contributed by atoms with Gasteiger partial charge in [0.15, 0.2) is 0 Å². The van der Waals surface area contributed by atoms with E-state index in [1.165, 1.54) is 49.1 Å². The minimum absolute atomic E-state index is 0.192. The molecule has 0 bridgehead atoms. The Morgan fingerprint density at radius 2 is 1.67 bits per heavy atom. The first-order valence-electron chi connectivity index (χ1n) is 8.93. The predicted molar refractivity (Wildman–Crippen MR) is 100 cm³/mol. The molecule has 24 heavy (non-hydrogen) atoms. The summed E-state index contributed by atoms with van der Waals surface area (Å²) in [7, 11) is 0. The molecule has 1 aliphatic heterocycles. The second-order valence-electron chi connectivity index (χ2n) is 6.71. The van der Waals surface area contributed by atoms with Crippen LogP contribution in [0.5, 0.6) is 0 Å². The Hall–Kier alpha value is -1.93. The van der Waals surface area contributed by atoms with E-state index >= 15 is 0 Å². The van der Waals surface area contributed by atoms with Crippen LogP contribution < -0.4 is 0 Å². The normalized spacial score (nSPS) is 19.5. The van der Waals surface area contributed by atoms with Crippen LogP contribution in [0.2, 0.25) is 0 Å². The van der Waals surface area contributed by atoms with Crippen molar-refractivity contribution >= 4 is 5.57 Å². The van der Waals surface area contributed by atoms with Gasteiger partial charge in [-0.3, -0.25) is 4.90 Å². The maximum atomic E-state index is 13.1. The summed E-state index contributed by atoms with van der Waals surface area (Å²) in [5, 5.41) is 0. The molecule has 1 atom stereocenters. The zero-order valence-corrected chi connectivity index (χ0v) is 14.6. The van der Waals surface area contributed by atoms with Crippen molar-refractivity contribution in [2.24, 2.45) is 0 Å². The molecule has 2 aromatic rings. The van der Waals surface area contributed by atoms with Gasteiger partial charge in [0.05, 0.1) is 0 Å². The van der Waals surface area contributed by atoms with Crippen LogP contribution >= 0.6 is 0 Å². The number of piperidine rings is 1. The van der Waals surface area contributed by atoms with Crippen molar-refractivity contribution in [1.82, 2.24) is 4.90 Å². The van der Waals surface area contributed by atoms with Crippen molar-refractivity contribution < 1.29 is 4.39 Å². The van der Waals surface area contributed by atoms with Gasteiger partial charge in [0.2, 0.25) is 0 Å². The first-order valence-corrected chi connectivity index (χ1v) is 8.93. The Bertz CT molecular complexity index is 685. The molecule has 2 aromatic carbocycles. The van der Waals surface area contributed by atoms with Crippen LogP contribution in [0, 0.1) is 5.82 Å². The van der Waals surface area contributed by atoms with Gasteiger partial charge in [0, 0.05) is 12.6 Å². The van der Waals surface area contributed by atoms with Crippen molar-refractivity contribution in [2.75, 3.05) is 13.1 Å². The van der Waals surface area contributed by atoms with Crippen LogP contribution in [0.25, 0.3) is 16.7 Å². The maximum Gasteiger partial charge on any atom is 0.123 e. The predicted octanol–water partition coefficient (Wildman–Crippen LogP) is 5.77. The number of allylic oxidation sites excluding steroid dienone is 1. The molecule has 0 aliphatic carbocycles. The first-order chi connectivity index (χ1) is 11.7. The molecule has 2 heteroatoms. The Kier molecular flexibility index (Phi) is 5.47. The summed E-state index contributed by atoms with van der Waals surface area (Å²) in [6, 6.07) is 16.0. The third-order valence-corrected chi connectivity index (χ3v) is 5.10. The summed E-state index contributed by atoms with van der Waals surface area (Å²) in [5.41, 5.74) is 4.84. The molecule has 0 aromatic heterocycles. The van der Waals surface area contributed by atoms with Crippen LogP contribution in [0.4, 0.5) is 4.39 Å². The van der Waals surface area contributed by atoms with Gasteiger partial charge in [0.1, 0.15) is 5.82 Å². The molecule has 1 unspecified atom stereocenters. The van der Waals surface area contributed by atoms with Crippen LogP contribution in [-0.2, 0) is 0 Å². The highest BCUT2D eigenvalue weighted by Crippen LogP contribution is 2.25. The van der Waals surface area contributed by atoms with Crippen LogP contribution in [0.15, 0.2) is 54.6 Å². The van der Waals surface area contributed by atoms with Gasteiger partial charge in [-0.15, -0.1) is 0 Å². The molecule has 0 N–H and O–H groups in total. The van der Waals surface area contributed by atoms with Gasteiger partial charge in [-0.1, -0.05) is 48.9 Å². The van der Waals surface area contributed by atoms with Crippen LogP contribution in [-0.4, -0.2) is 24.0 Å². The minimum Gasteiger partial charge on any atom is -0.296 e. The molecule has 1 fully saturated rings. The Labute approximate surface area is 144 Å². The van der Waals surface area contributed by atoms with E-state index in [1.54, 1.807) is 0 Å². The molecule has 1 aliphatic rings. The van der Waals surface area contributed by atoms with E-state index in [9.17, 15) is 4.39 Å². The van der Waals surface area contributed by atoms with Crippen molar-refractivity contribution in [3.63, 3.8) is 0 Å². The average Bonchev–Trinajstić information content (AvgIpc) is 2.62. The quantitative estimate of drug-likeness (QED) is 0.690. The second kappa shape index (κ2) is 7.76. The fourth-order valence-corrected chi connectivity index (χ4v) is 3.48. The summed E-state index contributed by atoms with van der Waals surface area (Å²) < 4.78 is 13.1. The summed E-state index contributed by atoms with van der Waals surface area (Å²) in [6.45, 7) is 6.68. The fraction of sp³-hybridized carbons (Fsp3) is 0.364. The Balaban J connectivity index is 1.74. The molecule has 0 amide bonds. The summed E-state index contributed by atoms with van der Waals surface area (Å²) >= 11 is 0. The van der Waals surface area contributed by atoms with Crippen molar-refractivity contribution in [2.45, 2.75) is 39.2 Å². The fourth-order valence-electron chi connectivity index (χ4n) is 3.48. The smallest absolute Gasteiger partial charge is 0.123 e. The van der Waals surface area contributed by atoms with E-state index in [4.69, 9.17) is 0 Å². The first kappa shape index (κ1) is 16.9. The molecule has 1 nitrogen and oxygen atoms in total. The molecule has 1 saturated heterocycles. The number of rotatable bonds is 4. The van der Waals surface area contributed by atoms with Crippen LogP contribution in [0.1, 0.15) is 38.7 Å². The molecule has 0 spiro atoms. The highest BCUT2D eigenvalue weighted by atomic mass is 19.1. The zero-order valence-electron chi connectivity index (χ0n) is 14.6. The number of likely N-dealkylation sites (tertiary alicyclic amines) is 1. The lowest BCUT2D eigenvalue weighted by Gasteiger charge is -2.34. The molecule has 126 valence electrons. The van der Waals surface area contributed by atoms with Gasteiger partial charge in [-0.25, -0.2) is 4.39 Å². The largest absolute Gasteiger partial charge is 0.296 e. The zero-order chi connectivity index (χ0) is 16.9. The van der Waals surface area contributed by atoms with Gasteiger partial charge in [0.25, 0.3) is 0 Å². The number of benzene rings is 2. The highest BCUT2D eigenvalue weighted by molar-refractivity contribution is 5.71. The summed E-state index contributed by atoms with van der Waals surface area (Å²) in [4.78, 5) is 2.59.